The zero-order valence-corrected chi connectivity index (χ0v) is 9.55. The maximum Gasteiger partial charge on any atom is 0.0991 e. The van der Waals surface area contributed by atoms with Crippen molar-refractivity contribution in [2.24, 2.45) is 0 Å². The summed E-state index contributed by atoms with van der Waals surface area (Å²) >= 11 is 2.00. The number of nitrogens with one attached hydrogen (secondary N) is 1. The Kier molecular flexibility index (Phi) is 3.30. The Morgan fingerprint density at radius 2 is 2.13 bits per heavy atom. The zero-order valence-electron chi connectivity index (χ0n) is 8.73. The molecule has 2 atom stereocenters. The van der Waals surface area contributed by atoms with Gasteiger partial charge in [-0.15, -0.1) is 0 Å². The van der Waals surface area contributed by atoms with Crippen molar-refractivity contribution < 1.29 is 0 Å². The molecule has 0 amide bonds. The summed E-state index contributed by atoms with van der Waals surface area (Å²) in [5, 5.41) is 12.9. The van der Waals surface area contributed by atoms with Crippen LogP contribution in [0.3, 0.4) is 0 Å². The van der Waals surface area contributed by atoms with Gasteiger partial charge in [0, 0.05) is 23.6 Å². The van der Waals surface area contributed by atoms with Crippen LogP contribution in [0.1, 0.15) is 24.1 Å². The average Bonchev–Trinajstić information content (AvgIpc) is 2.30. The van der Waals surface area contributed by atoms with Crippen LogP contribution in [0, 0.1) is 11.3 Å². The first-order chi connectivity index (χ1) is 7.29. The molecule has 1 saturated heterocycles. The molecule has 0 aliphatic carbocycles. The summed E-state index contributed by atoms with van der Waals surface area (Å²) in [6.07, 6.45) is 0. The zero-order chi connectivity index (χ0) is 10.7. The van der Waals surface area contributed by atoms with Gasteiger partial charge in [0.25, 0.3) is 0 Å². The van der Waals surface area contributed by atoms with Crippen LogP contribution in [-0.4, -0.2) is 17.5 Å². The van der Waals surface area contributed by atoms with Gasteiger partial charge < -0.3 is 5.32 Å². The Morgan fingerprint density at radius 3 is 2.67 bits per heavy atom. The van der Waals surface area contributed by atoms with Crippen molar-refractivity contribution in [1.82, 2.24) is 5.32 Å². The molecule has 1 aromatic rings. The molecule has 15 heavy (non-hydrogen) atoms. The highest BCUT2D eigenvalue weighted by Crippen LogP contribution is 2.25. The van der Waals surface area contributed by atoms with Gasteiger partial charge in [0.2, 0.25) is 0 Å². The van der Waals surface area contributed by atoms with Crippen molar-refractivity contribution in [2.45, 2.75) is 18.2 Å². The number of benzene rings is 1. The summed E-state index contributed by atoms with van der Waals surface area (Å²) in [6, 6.07) is 10.5. The third kappa shape index (κ3) is 2.53. The molecule has 0 aromatic heterocycles. The summed E-state index contributed by atoms with van der Waals surface area (Å²) in [5.41, 5.74) is 2.02. The van der Waals surface area contributed by atoms with Gasteiger partial charge in [-0.1, -0.05) is 19.1 Å². The molecule has 0 bridgehead atoms. The highest BCUT2D eigenvalue weighted by Gasteiger charge is 2.18. The maximum absolute atomic E-state index is 8.70. The van der Waals surface area contributed by atoms with Crippen LogP contribution in [0.25, 0.3) is 0 Å². The molecule has 0 radical (unpaired) electrons. The molecule has 3 heteroatoms. The Balaban J connectivity index is 2.07. The fraction of sp³-hybridized carbons (Fsp3) is 0.417. The molecule has 0 spiro atoms. The minimum Gasteiger partial charge on any atom is -0.308 e. The molecular weight excluding hydrogens is 204 g/mol. The van der Waals surface area contributed by atoms with Gasteiger partial charge >= 0.3 is 0 Å². The van der Waals surface area contributed by atoms with Crippen LogP contribution >= 0.6 is 11.8 Å². The number of hydrogen-bond acceptors (Lipinski definition) is 3. The fourth-order valence-corrected chi connectivity index (χ4v) is 2.74. The minimum atomic E-state index is 0.443. The molecule has 1 aromatic carbocycles. The van der Waals surface area contributed by atoms with E-state index in [0.29, 0.717) is 11.3 Å². The van der Waals surface area contributed by atoms with Crippen LogP contribution in [0.15, 0.2) is 24.3 Å². The first-order valence-electron chi connectivity index (χ1n) is 5.14. The lowest BCUT2D eigenvalue weighted by molar-refractivity contribution is 0.563. The fourth-order valence-electron chi connectivity index (χ4n) is 1.69. The average molecular weight is 218 g/mol. The quantitative estimate of drug-likeness (QED) is 0.786. The molecule has 1 aliphatic heterocycles. The molecule has 1 fully saturated rings. The second kappa shape index (κ2) is 4.69. The lowest BCUT2D eigenvalue weighted by Gasteiger charge is -2.27. The number of rotatable bonds is 1. The summed E-state index contributed by atoms with van der Waals surface area (Å²) in [4.78, 5) is 0. The van der Waals surface area contributed by atoms with E-state index in [1.807, 2.05) is 36.0 Å². The Hall–Kier alpha value is -0.980. The van der Waals surface area contributed by atoms with Gasteiger partial charge in [0.05, 0.1) is 11.6 Å². The smallest absolute Gasteiger partial charge is 0.0991 e. The SMILES string of the molecule is CC1CNC(c2ccc(C#N)cc2)CS1. The van der Waals surface area contributed by atoms with Crippen molar-refractivity contribution in [3.8, 4) is 6.07 Å². The van der Waals surface area contributed by atoms with Crippen molar-refractivity contribution in [3.05, 3.63) is 35.4 Å². The summed E-state index contributed by atoms with van der Waals surface area (Å²) in [7, 11) is 0. The molecular formula is C12H14N2S. The van der Waals surface area contributed by atoms with E-state index in [9.17, 15) is 0 Å². The Labute approximate surface area is 94.7 Å². The van der Waals surface area contributed by atoms with E-state index in [0.717, 1.165) is 17.9 Å². The number of hydrogen-bond donors (Lipinski definition) is 1. The molecule has 2 rings (SSSR count). The molecule has 1 N–H and O–H groups in total. The largest absolute Gasteiger partial charge is 0.308 e. The molecule has 78 valence electrons. The first kappa shape index (κ1) is 10.5. The van der Waals surface area contributed by atoms with E-state index in [-0.39, 0.29) is 0 Å². The summed E-state index contributed by atoms with van der Waals surface area (Å²) < 4.78 is 0. The Bertz CT molecular complexity index is 358. The lowest BCUT2D eigenvalue weighted by Crippen LogP contribution is -2.34. The van der Waals surface area contributed by atoms with Crippen LogP contribution in [-0.2, 0) is 0 Å². The maximum atomic E-state index is 8.70. The number of nitrogens with zero attached hydrogens (tertiary/aromatic N) is 1. The predicted molar refractivity (Wildman–Crippen MR) is 63.8 cm³/mol. The van der Waals surface area contributed by atoms with Gasteiger partial charge in [0.1, 0.15) is 0 Å². The van der Waals surface area contributed by atoms with E-state index >= 15 is 0 Å². The van der Waals surface area contributed by atoms with E-state index in [1.54, 1.807) is 0 Å². The van der Waals surface area contributed by atoms with Crippen LogP contribution in [0.4, 0.5) is 0 Å². The van der Waals surface area contributed by atoms with Crippen molar-refractivity contribution >= 4 is 11.8 Å². The van der Waals surface area contributed by atoms with Gasteiger partial charge in [-0.3, -0.25) is 0 Å². The predicted octanol–water partition coefficient (Wildman–Crippen LogP) is 2.32. The van der Waals surface area contributed by atoms with Gasteiger partial charge in [-0.2, -0.15) is 17.0 Å². The van der Waals surface area contributed by atoms with Crippen molar-refractivity contribution in [1.29, 1.82) is 5.26 Å². The highest BCUT2D eigenvalue weighted by atomic mass is 32.2. The van der Waals surface area contributed by atoms with Gasteiger partial charge in [-0.05, 0) is 17.7 Å². The molecule has 0 saturated carbocycles. The third-order valence-electron chi connectivity index (χ3n) is 2.64. The normalized spacial score (nSPS) is 25.9. The monoisotopic (exact) mass is 218 g/mol. The van der Waals surface area contributed by atoms with Crippen LogP contribution < -0.4 is 5.32 Å². The van der Waals surface area contributed by atoms with Gasteiger partial charge in [0.15, 0.2) is 0 Å². The molecule has 1 aliphatic rings. The second-order valence-corrected chi connectivity index (χ2v) is 5.31. The second-order valence-electron chi connectivity index (χ2n) is 3.84. The van der Waals surface area contributed by atoms with Crippen LogP contribution in [0.5, 0.6) is 0 Å². The number of thioether (sulfide) groups is 1. The van der Waals surface area contributed by atoms with Crippen molar-refractivity contribution in [2.75, 3.05) is 12.3 Å². The van der Waals surface area contributed by atoms with Gasteiger partial charge in [-0.25, -0.2) is 0 Å². The van der Waals surface area contributed by atoms with E-state index in [4.69, 9.17) is 5.26 Å². The lowest BCUT2D eigenvalue weighted by atomic mass is 10.1. The highest BCUT2D eigenvalue weighted by molar-refractivity contribution is 8.00. The minimum absolute atomic E-state index is 0.443. The van der Waals surface area contributed by atoms with E-state index in [2.05, 4.69) is 18.3 Å². The van der Waals surface area contributed by atoms with E-state index < -0.39 is 0 Å². The molecule has 2 unspecified atom stereocenters. The van der Waals surface area contributed by atoms with Crippen molar-refractivity contribution in [3.63, 3.8) is 0 Å². The first-order valence-corrected chi connectivity index (χ1v) is 6.19. The Morgan fingerprint density at radius 1 is 1.40 bits per heavy atom. The number of nitriles is 1. The molecule has 1 heterocycles. The van der Waals surface area contributed by atoms with E-state index in [1.165, 1.54) is 5.56 Å². The van der Waals surface area contributed by atoms with Crippen LogP contribution in [0.2, 0.25) is 0 Å². The summed E-state index contributed by atoms with van der Waals surface area (Å²) in [6.45, 7) is 3.31. The topological polar surface area (TPSA) is 35.8 Å². The third-order valence-corrected chi connectivity index (χ3v) is 3.90. The molecule has 2 nitrogen and oxygen atoms in total. The summed E-state index contributed by atoms with van der Waals surface area (Å²) in [5.74, 6) is 1.12. The standard InChI is InChI=1S/C12H14N2S/c1-9-7-14-12(8-15-9)11-4-2-10(6-13)3-5-11/h2-5,9,12,14H,7-8H2,1H3.